The number of rotatable bonds is 4. The third-order valence-corrected chi connectivity index (χ3v) is 5.10. The maximum atomic E-state index is 12.4. The topological polar surface area (TPSA) is 60.9 Å². The molecule has 5 heteroatoms. The second-order valence-corrected chi connectivity index (χ2v) is 6.30. The second-order valence-electron chi connectivity index (χ2n) is 6.30. The van der Waals surface area contributed by atoms with E-state index >= 15 is 0 Å². The van der Waals surface area contributed by atoms with Gasteiger partial charge in [-0.15, -0.1) is 0 Å². The molecule has 0 aromatic carbocycles. The summed E-state index contributed by atoms with van der Waals surface area (Å²) in [5, 5.41) is 9.48. The van der Waals surface area contributed by atoms with Gasteiger partial charge in [0.05, 0.1) is 5.41 Å². The molecule has 1 saturated carbocycles. The van der Waals surface area contributed by atoms with Crippen LogP contribution in [0.25, 0.3) is 0 Å². The predicted molar refractivity (Wildman–Crippen MR) is 76.6 cm³/mol. The Morgan fingerprint density at radius 1 is 1.30 bits per heavy atom. The summed E-state index contributed by atoms with van der Waals surface area (Å²) in [6.07, 6.45) is 6.17. The Bertz CT molecular complexity index is 371. The van der Waals surface area contributed by atoms with Crippen molar-refractivity contribution in [2.45, 2.75) is 57.9 Å². The number of urea groups is 1. The SMILES string of the molecule is CCCC1(C(=O)O)CCN(C(=O)N(C)C2CCC2)CC1. The Hall–Kier alpha value is -1.26. The molecule has 0 aromatic heterocycles. The van der Waals surface area contributed by atoms with Crippen LogP contribution in [0.1, 0.15) is 51.9 Å². The molecule has 2 rings (SSSR count). The van der Waals surface area contributed by atoms with Crippen molar-refractivity contribution < 1.29 is 14.7 Å². The summed E-state index contributed by atoms with van der Waals surface area (Å²) in [6.45, 7) is 3.16. The van der Waals surface area contributed by atoms with Gasteiger partial charge in [0.25, 0.3) is 0 Å². The van der Waals surface area contributed by atoms with Crippen molar-refractivity contribution in [3.8, 4) is 0 Å². The summed E-state index contributed by atoms with van der Waals surface area (Å²) in [5.41, 5.74) is -0.611. The number of carbonyl (C=O) groups is 2. The summed E-state index contributed by atoms with van der Waals surface area (Å²) in [4.78, 5) is 27.6. The average molecular weight is 282 g/mol. The minimum atomic E-state index is -0.696. The first-order chi connectivity index (χ1) is 9.50. The van der Waals surface area contributed by atoms with Gasteiger partial charge in [0.15, 0.2) is 0 Å². The van der Waals surface area contributed by atoms with E-state index in [4.69, 9.17) is 0 Å². The fourth-order valence-corrected chi connectivity index (χ4v) is 3.33. The average Bonchev–Trinajstić information content (AvgIpc) is 2.36. The molecule has 2 amide bonds. The van der Waals surface area contributed by atoms with Crippen LogP contribution in [0.4, 0.5) is 4.79 Å². The van der Waals surface area contributed by atoms with E-state index in [0.29, 0.717) is 38.4 Å². The number of hydrogen-bond donors (Lipinski definition) is 1. The lowest BCUT2D eigenvalue weighted by atomic mass is 9.75. The van der Waals surface area contributed by atoms with Crippen molar-refractivity contribution in [3.63, 3.8) is 0 Å². The predicted octanol–water partition coefficient (Wildman–Crippen LogP) is 2.56. The molecule has 0 radical (unpaired) electrons. The molecule has 1 aliphatic heterocycles. The lowest BCUT2D eigenvalue weighted by molar-refractivity contribution is -0.152. The van der Waals surface area contributed by atoms with Crippen LogP contribution >= 0.6 is 0 Å². The first-order valence-corrected chi connectivity index (χ1v) is 7.75. The van der Waals surface area contributed by atoms with Crippen LogP contribution in [0.3, 0.4) is 0 Å². The van der Waals surface area contributed by atoms with Gasteiger partial charge in [-0.25, -0.2) is 4.79 Å². The fraction of sp³-hybridized carbons (Fsp3) is 0.867. The zero-order valence-corrected chi connectivity index (χ0v) is 12.6. The summed E-state index contributed by atoms with van der Waals surface area (Å²) >= 11 is 0. The molecular formula is C15H26N2O3. The number of likely N-dealkylation sites (tertiary alicyclic amines) is 1. The highest BCUT2D eigenvalue weighted by Crippen LogP contribution is 2.37. The van der Waals surface area contributed by atoms with E-state index in [2.05, 4.69) is 0 Å². The van der Waals surface area contributed by atoms with Gasteiger partial charge in [-0.05, 0) is 38.5 Å². The largest absolute Gasteiger partial charge is 0.481 e. The third-order valence-electron chi connectivity index (χ3n) is 5.10. The molecule has 0 unspecified atom stereocenters. The van der Waals surface area contributed by atoms with E-state index < -0.39 is 11.4 Å². The summed E-state index contributed by atoms with van der Waals surface area (Å²) < 4.78 is 0. The zero-order valence-electron chi connectivity index (χ0n) is 12.6. The van der Waals surface area contributed by atoms with Crippen LogP contribution in [0, 0.1) is 5.41 Å². The number of piperidine rings is 1. The minimum absolute atomic E-state index is 0.0742. The van der Waals surface area contributed by atoms with Crippen LogP contribution < -0.4 is 0 Å². The quantitative estimate of drug-likeness (QED) is 0.862. The van der Waals surface area contributed by atoms with Gasteiger partial charge in [0.2, 0.25) is 0 Å². The van der Waals surface area contributed by atoms with Crippen molar-refractivity contribution in [3.05, 3.63) is 0 Å². The van der Waals surface area contributed by atoms with Crippen LogP contribution in [0.5, 0.6) is 0 Å². The standard InChI is InChI=1S/C15H26N2O3/c1-3-7-15(13(18)19)8-10-17(11-9-15)14(20)16(2)12-5-4-6-12/h12H,3-11H2,1-2H3,(H,18,19). The summed E-state index contributed by atoms with van der Waals surface area (Å²) in [7, 11) is 1.87. The van der Waals surface area contributed by atoms with Crippen LogP contribution in [0.15, 0.2) is 0 Å². The van der Waals surface area contributed by atoms with Crippen molar-refractivity contribution in [1.82, 2.24) is 9.80 Å². The van der Waals surface area contributed by atoms with Crippen molar-refractivity contribution in [1.29, 1.82) is 0 Å². The summed E-state index contributed by atoms with van der Waals surface area (Å²) in [6, 6.07) is 0.467. The Balaban J connectivity index is 1.92. The Labute approximate surface area is 120 Å². The lowest BCUT2D eigenvalue weighted by Gasteiger charge is -2.42. The maximum Gasteiger partial charge on any atom is 0.319 e. The number of carboxylic acid groups (broad SMARTS) is 1. The molecule has 2 fully saturated rings. The van der Waals surface area contributed by atoms with Gasteiger partial charge < -0.3 is 14.9 Å². The van der Waals surface area contributed by atoms with Gasteiger partial charge in [0.1, 0.15) is 0 Å². The van der Waals surface area contributed by atoms with Crippen LogP contribution in [0.2, 0.25) is 0 Å². The van der Waals surface area contributed by atoms with E-state index in [1.165, 1.54) is 6.42 Å². The Kier molecular flexibility index (Phi) is 4.55. The van der Waals surface area contributed by atoms with E-state index in [1.54, 1.807) is 0 Å². The van der Waals surface area contributed by atoms with Crippen LogP contribution in [-0.4, -0.2) is 53.1 Å². The molecule has 5 nitrogen and oxygen atoms in total. The van der Waals surface area contributed by atoms with Gasteiger partial charge in [-0.2, -0.15) is 0 Å². The molecule has 1 N–H and O–H groups in total. The molecule has 0 aromatic rings. The molecule has 20 heavy (non-hydrogen) atoms. The number of amides is 2. The third kappa shape index (κ3) is 2.76. The molecule has 2 aliphatic rings. The highest BCUT2D eigenvalue weighted by Gasteiger charge is 2.42. The minimum Gasteiger partial charge on any atom is -0.481 e. The van der Waals surface area contributed by atoms with Crippen LogP contribution in [-0.2, 0) is 4.79 Å². The number of carbonyl (C=O) groups excluding carboxylic acids is 1. The van der Waals surface area contributed by atoms with Gasteiger partial charge in [0, 0.05) is 26.2 Å². The lowest BCUT2D eigenvalue weighted by Crippen LogP contribution is -2.53. The Morgan fingerprint density at radius 2 is 1.90 bits per heavy atom. The van der Waals surface area contributed by atoms with Crippen molar-refractivity contribution in [2.24, 2.45) is 5.41 Å². The number of hydrogen-bond acceptors (Lipinski definition) is 2. The van der Waals surface area contributed by atoms with E-state index in [-0.39, 0.29) is 6.03 Å². The Morgan fingerprint density at radius 3 is 2.30 bits per heavy atom. The van der Waals surface area contributed by atoms with E-state index in [9.17, 15) is 14.7 Å². The monoisotopic (exact) mass is 282 g/mol. The normalized spacial score (nSPS) is 22.2. The molecular weight excluding hydrogens is 256 g/mol. The molecule has 114 valence electrons. The van der Waals surface area contributed by atoms with E-state index in [1.807, 2.05) is 23.8 Å². The molecule has 1 saturated heterocycles. The van der Waals surface area contributed by atoms with Gasteiger partial charge in [-0.3, -0.25) is 4.79 Å². The van der Waals surface area contributed by atoms with Crippen molar-refractivity contribution in [2.75, 3.05) is 20.1 Å². The summed E-state index contributed by atoms with van der Waals surface area (Å²) in [5.74, 6) is -0.696. The van der Waals surface area contributed by atoms with Crippen molar-refractivity contribution >= 4 is 12.0 Å². The highest BCUT2D eigenvalue weighted by molar-refractivity contribution is 5.77. The molecule has 0 atom stereocenters. The smallest absolute Gasteiger partial charge is 0.319 e. The first kappa shape index (κ1) is 15.1. The number of aliphatic carboxylic acids is 1. The molecule has 0 bridgehead atoms. The molecule has 1 aliphatic carbocycles. The number of nitrogens with zero attached hydrogens (tertiary/aromatic N) is 2. The first-order valence-electron chi connectivity index (χ1n) is 7.75. The zero-order chi connectivity index (χ0) is 14.8. The fourth-order valence-electron chi connectivity index (χ4n) is 3.33. The number of carboxylic acids is 1. The van der Waals surface area contributed by atoms with Gasteiger partial charge in [-0.1, -0.05) is 13.3 Å². The highest BCUT2D eigenvalue weighted by atomic mass is 16.4. The van der Waals surface area contributed by atoms with E-state index in [0.717, 1.165) is 19.3 Å². The van der Waals surface area contributed by atoms with Gasteiger partial charge >= 0.3 is 12.0 Å². The second kappa shape index (κ2) is 6.02. The maximum absolute atomic E-state index is 12.4. The molecule has 1 heterocycles. The molecule has 0 spiro atoms.